The van der Waals surface area contributed by atoms with E-state index in [1.807, 2.05) is 11.4 Å². The molecule has 1 aromatic carbocycles. The lowest BCUT2D eigenvalue weighted by atomic mass is 9.82. The first-order valence-electron chi connectivity index (χ1n) is 11.1. The van der Waals surface area contributed by atoms with Crippen LogP contribution in [0.15, 0.2) is 41.1 Å². The zero-order valence-corrected chi connectivity index (χ0v) is 19.3. The third-order valence-electron chi connectivity index (χ3n) is 6.27. The second-order valence-electron chi connectivity index (χ2n) is 8.69. The molecule has 3 aromatic rings. The van der Waals surface area contributed by atoms with Crippen LogP contribution in [0.3, 0.4) is 0 Å². The lowest BCUT2D eigenvalue weighted by Crippen LogP contribution is -2.43. The van der Waals surface area contributed by atoms with E-state index in [2.05, 4.69) is 9.97 Å². The molecule has 0 saturated heterocycles. The Bertz CT molecular complexity index is 1360. The Morgan fingerprint density at radius 2 is 2.08 bits per heavy atom. The molecule has 0 spiro atoms. The first-order valence-corrected chi connectivity index (χ1v) is 11.1. The second-order valence-corrected chi connectivity index (χ2v) is 8.69. The molecule has 4 rings (SSSR count). The highest BCUT2D eigenvalue weighted by Gasteiger charge is 2.38. The Kier molecular flexibility index (Phi) is 6.63. The van der Waals surface area contributed by atoms with Crippen LogP contribution in [0, 0.1) is 29.5 Å². The van der Waals surface area contributed by atoms with Gasteiger partial charge >= 0.3 is 6.18 Å². The maximum Gasteiger partial charge on any atom is 0.408 e. The molecule has 2 heterocycles. The Labute approximate surface area is 203 Å². The van der Waals surface area contributed by atoms with Crippen LogP contribution in [0.25, 0.3) is 0 Å². The van der Waals surface area contributed by atoms with Crippen molar-refractivity contribution < 1.29 is 26.8 Å². The largest absolute Gasteiger partial charge is 0.447 e. The van der Waals surface area contributed by atoms with E-state index in [0.717, 1.165) is 18.7 Å². The van der Waals surface area contributed by atoms with Crippen LogP contribution in [0.5, 0.6) is 0 Å². The molecule has 2 aromatic heterocycles. The van der Waals surface area contributed by atoms with Crippen LogP contribution in [-0.2, 0) is 6.42 Å². The molecule has 11 heteroatoms. The molecule has 1 aliphatic carbocycles. The number of nitrogens with one attached hydrogen (secondary N) is 2. The van der Waals surface area contributed by atoms with Crippen molar-refractivity contribution in [2.24, 2.45) is 0 Å². The maximum atomic E-state index is 14.4. The maximum absolute atomic E-state index is 14.4. The summed E-state index contributed by atoms with van der Waals surface area (Å²) in [5, 5.41) is 20.0. The third kappa shape index (κ3) is 4.84. The summed E-state index contributed by atoms with van der Waals surface area (Å²) in [6.07, 6.45) is -1.31. The normalized spacial score (nSPS) is 18.6. The molecule has 186 valence electrons. The quantitative estimate of drug-likeness (QED) is 0.389. The van der Waals surface area contributed by atoms with Gasteiger partial charge in [0.2, 0.25) is 0 Å². The molecule has 2 N–H and O–H groups in total. The Morgan fingerprint density at radius 3 is 2.69 bits per heavy atom. The number of carbonyl (C=O) groups is 1. The number of aromatic nitrogens is 2. The van der Waals surface area contributed by atoms with Gasteiger partial charge in [-0.3, -0.25) is 9.78 Å². The van der Waals surface area contributed by atoms with Crippen LogP contribution in [0.1, 0.15) is 69.5 Å². The van der Waals surface area contributed by atoms with Gasteiger partial charge in [0, 0.05) is 23.4 Å². The van der Waals surface area contributed by atoms with Crippen LogP contribution in [0.2, 0.25) is 0 Å². The molecule has 0 radical (unpaired) electrons. The number of oxazole rings is 1. The number of amides is 1. The Hall–Kier alpha value is -4.07. The number of pyridine rings is 1. The summed E-state index contributed by atoms with van der Waals surface area (Å²) in [6.45, 7) is 2.47. The number of fused-ring (bicyclic) bond motifs is 1. The van der Waals surface area contributed by atoms with Gasteiger partial charge in [0.15, 0.2) is 11.6 Å². The van der Waals surface area contributed by atoms with Crippen molar-refractivity contribution in [3.63, 3.8) is 0 Å². The number of carbonyl (C=O) groups excluding carboxylic acids is 1. The van der Waals surface area contributed by atoms with E-state index in [9.17, 15) is 22.4 Å². The van der Waals surface area contributed by atoms with Crippen molar-refractivity contribution in [2.75, 3.05) is 0 Å². The van der Waals surface area contributed by atoms with Crippen molar-refractivity contribution >= 4 is 11.6 Å². The topological polar surface area (TPSA) is 116 Å². The molecule has 7 nitrogen and oxygen atoms in total. The summed E-state index contributed by atoms with van der Waals surface area (Å²) in [4.78, 5) is 20.8. The van der Waals surface area contributed by atoms with Crippen molar-refractivity contribution in [1.29, 1.82) is 10.7 Å². The summed E-state index contributed by atoms with van der Waals surface area (Å²) in [6, 6.07) is 5.62. The molecule has 1 aliphatic rings. The minimum absolute atomic E-state index is 0.0542. The summed E-state index contributed by atoms with van der Waals surface area (Å²) >= 11 is 0. The van der Waals surface area contributed by atoms with E-state index in [4.69, 9.17) is 15.1 Å². The zero-order chi connectivity index (χ0) is 26.2. The van der Waals surface area contributed by atoms with E-state index in [-0.39, 0.29) is 22.9 Å². The van der Waals surface area contributed by atoms with Crippen molar-refractivity contribution in [3.8, 4) is 6.07 Å². The molecule has 36 heavy (non-hydrogen) atoms. The van der Waals surface area contributed by atoms with Gasteiger partial charge in [-0.05, 0) is 56.0 Å². The van der Waals surface area contributed by atoms with E-state index < -0.39 is 35.8 Å². The van der Waals surface area contributed by atoms with Gasteiger partial charge < -0.3 is 15.1 Å². The first kappa shape index (κ1) is 25.0. The number of halogens is 4. The fourth-order valence-electron chi connectivity index (χ4n) is 4.26. The molecular weight excluding hydrogens is 478 g/mol. The Balaban J connectivity index is 1.72. The lowest BCUT2D eigenvalue weighted by molar-refractivity contribution is -0.149. The van der Waals surface area contributed by atoms with Crippen LogP contribution in [0.4, 0.5) is 17.6 Å². The minimum atomic E-state index is -4.59. The van der Waals surface area contributed by atoms with E-state index >= 15 is 0 Å². The number of rotatable bonds is 4. The summed E-state index contributed by atoms with van der Waals surface area (Å²) in [7, 11) is 0. The zero-order valence-electron chi connectivity index (χ0n) is 19.3. The number of alkyl halides is 3. The van der Waals surface area contributed by atoms with Gasteiger partial charge in [0.1, 0.15) is 24.2 Å². The van der Waals surface area contributed by atoms with Gasteiger partial charge in [-0.2, -0.15) is 18.4 Å². The van der Waals surface area contributed by atoms with Crippen molar-refractivity contribution in [1.82, 2.24) is 15.3 Å². The molecule has 0 fully saturated rings. The van der Waals surface area contributed by atoms with Gasteiger partial charge in [-0.15, -0.1) is 0 Å². The average Bonchev–Trinajstić information content (AvgIpc) is 3.27. The number of hydrogen-bond acceptors (Lipinski definition) is 6. The van der Waals surface area contributed by atoms with Gasteiger partial charge in [0.25, 0.3) is 5.91 Å². The molecule has 1 amide bonds. The van der Waals surface area contributed by atoms with Crippen LogP contribution < -0.4 is 5.32 Å². The van der Waals surface area contributed by atoms with Crippen LogP contribution >= 0.6 is 0 Å². The molecule has 0 bridgehead atoms. The molecule has 3 unspecified atom stereocenters. The number of aryl methyl sites for hydroxylation is 2. The van der Waals surface area contributed by atoms with E-state index in [1.54, 1.807) is 13.0 Å². The SMILES string of the molecule is Cc1cc2c(cc1F)C(=N)C(c1ccc(C(=O)NC(C)C(F)(F)F)cn1)C(c1nc(C#N)co1)CC2. The predicted molar refractivity (Wildman–Crippen MR) is 120 cm³/mol. The van der Waals surface area contributed by atoms with Gasteiger partial charge in [-0.1, -0.05) is 6.07 Å². The fourth-order valence-corrected chi connectivity index (χ4v) is 4.26. The average molecular weight is 499 g/mol. The lowest BCUT2D eigenvalue weighted by Gasteiger charge is -2.23. The van der Waals surface area contributed by atoms with Crippen molar-refractivity contribution in [2.45, 2.75) is 50.7 Å². The number of nitriles is 1. The highest BCUT2D eigenvalue weighted by atomic mass is 19.4. The standard InChI is InChI=1S/C25H21F4N5O2/c1-12-7-14-3-5-17(24-34-16(9-30)11-36-24)21(22(31)18(14)8-19(12)26)20-6-4-15(10-32-20)23(35)33-13(2)25(27,28)29/h4,6-8,10-11,13,17,21,31H,3,5H2,1-2H3,(H,33,35). The van der Waals surface area contributed by atoms with E-state index in [0.29, 0.717) is 29.7 Å². The molecule has 0 saturated carbocycles. The summed E-state index contributed by atoms with van der Waals surface area (Å²) in [5.74, 6) is -2.50. The third-order valence-corrected chi connectivity index (χ3v) is 6.27. The predicted octanol–water partition coefficient (Wildman–Crippen LogP) is 4.95. The first-order chi connectivity index (χ1) is 17.0. The number of nitrogens with zero attached hydrogens (tertiary/aromatic N) is 3. The van der Waals surface area contributed by atoms with E-state index in [1.165, 1.54) is 24.5 Å². The molecule has 3 atom stereocenters. The monoisotopic (exact) mass is 499 g/mol. The number of hydrogen-bond donors (Lipinski definition) is 2. The fraction of sp³-hybridized carbons (Fsp3) is 0.320. The summed E-state index contributed by atoms with van der Waals surface area (Å²) < 4.78 is 58.4. The second kappa shape index (κ2) is 9.53. The highest BCUT2D eigenvalue weighted by molar-refractivity contribution is 6.05. The number of benzene rings is 1. The molecular formula is C25H21F4N5O2. The summed E-state index contributed by atoms with van der Waals surface area (Å²) in [5.41, 5.74) is 1.99. The van der Waals surface area contributed by atoms with Crippen LogP contribution in [-0.4, -0.2) is 33.8 Å². The highest BCUT2D eigenvalue weighted by Crippen LogP contribution is 2.41. The van der Waals surface area contributed by atoms with Gasteiger partial charge in [0.05, 0.1) is 17.2 Å². The minimum Gasteiger partial charge on any atom is -0.447 e. The van der Waals surface area contributed by atoms with Crippen molar-refractivity contribution in [3.05, 3.63) is 82.1 Å². The molecule has 0 aliphatic heterocycles. The smallest absolute Gasteiger partial charge is 0.408 e. The Morgan fingerprint density at radius 1 is 1.33 bits per heavy atom. The van der Waals surface area contributed by atoms with Gasteiger partial charge in [-0.25, -0.2) is 9.37 Å².